The molecule has 4 heteroatoms. The Hall–Kier alpha value is -1.10. The lowest BCUT2D eigenvalue weighted by molar-refractivity contribution is 0.172. The zero-order valence-electron chi connectivity index (χ0n) is 9.09. The molecule has 0 amide bonds. The minimum absolute atomic E-state index is 0.115. The fourth-order valence-electron chi connectivity index (χ4n) is 1.51. The SMILES string of the molecule is C[C@@H](NCC(O)c1cccs1)c1ccco1. The van der Waals surface area contributed by atoms with Gasteiger partial charge >= 0.3 is 0 Å². The van der Waals surface area contributed by atoms with Crippen LogP contribution in [0.25, 0.3) is 0 Å². The van der Waals surface area contributed by atoms with Crippen LogP contribution in [0.3, 0.4) is 0 Å². The molecule has 0 fully saturated rings. The highest BCUT2D eigenvalue weighted by Gasteiger charge is 2.12. The maximum Gasteiger partial charge on any atom is 0.120 e. The van der Waals surface area contributed by atoms with Crippen LogP contribution in [0.1, 0.15) is 29.7 Å². The molecule has 86 valence electrons. The second-order valence-electron chi connectivity index (χ2n) is 3.68. The minimum Gasteiger partial charge on any atom is -0.468 e. The average Bonchev–Trinajstić information content (AvgIpc) is 2.95. The lowest BCUT2D eigenvalue weighted by Gasteiger charge is -2.14. The Morgan fingerprint density at radius 2 is 2.31 bits per heavy atom. The van der Waals surface area contributed by atoms with Gasteiger partial charge in [-0.05, 0) is 30.5 Å². The fraction of sp³-hybridized carbons (Fsp3) is 0.333. The monoisotopic (exact) mass is 237 g/mol. The molecular weight excluding hydrogens is 222 g/mol. The quantitative estimate of drug-likeness (QED) is 0.840. The predicted octanol–water partition coefficient (Wildman–Crippen LogP) is 2.73. The molecule has 0 spiro atoms. The van der Waals surface area contributed by atoms with E-state index in [0.29, 0.717) is 6.54 Å². The molecule has 2 heterocycles. The molecule has 0 aliphatic carbocycles. The maximum atomic E-state index is 9.87. The van der Waals surface area contributed by atoms with Crippen LogP contribution < -0.4 is 5.32 Å². The summed E-state index contributed by atoms with van der Waals surface area (Å²) in [6, 6.07) is 7.79. The summed E-state index contributed by atoms with van der Waals surface area (Å²) in [6.07, 6.45) is 1.21. The summed E-state index contributed by atoms with van der Waals surface area (Å²) >= 11 is 1.57. The van der Waals surface area contributed by atoms with Gasteiger partial charge in [0.1, 0.15) is 11.9 Å². The van der Waals surface area contributed by atoms with Gasteiger partial charge in [-0.25, -0.2) is 0 Å². The molecule has 2 N–H and O–H groups in total. The van der Waals surface area contributed by atoms with E-state index in [1.807, 2.05) is 36.6 Å². The first-order chi connectivity index (χ1) is 7.77. The molecule has 0 radical (unpaired) electrons. The summed E-state index contributed by atoms with van der Waals surface area (Å²) in [5.41, 5.74) is 0. The van der Waals surface area contributed by atoms with Crippen molar-refractivity contribution in [3.63, 3.8) is 0 Å². The van der Waals surface area contributed by atoms with Crippen molar-refractivity contribution in [1.82, 2.24) is 5.32 Å². The third kappa shape index (κ3) is 2.72. The Morgan fingerprint density at radius 1 is 1.44 bits per heavy atom. The molecule has 0 aromatic carbocycles. The average molecular weight is 237 g/mol. The maximum absolute atomic E-state index is 9.87. The standard InChI is InChI=1S/C12H15NO2S/c1-9(11-4-2-6-15-11)13-8-10(14)12-5-3-7-16-12/h2-7,9-10,13-14H,8H2,1H3/t9-,10?/m1/s1. The van der Waals surface area contributed by atoms with E-state index in [4.69, 9.17) is 4.42 Å². The number of nitrogens with one attached hydrogen (secondary N) is 1. The smallest absolute Gasteiger partial charge is 0.120 e. The summed E-state index contributed by atoms with van der Waals surface area (Å²) in [6.45, 7) is 2.54. The molecule has 0 saturated carbocycles. The van der Waals surface area contributed by atoms with E-state index < -0.39 is 6.10 Å². The molecule has 2 rings (SSSR count). The minimum atomic E-state index is -0.447. The third-order valence-electron chi connectivity index (χ3n) is 2.46. The Kier molecular flexibility index (Phi) is 3.77. The number of furan rings is 1. The van der Waals surface area contributed by atoms with Gasteiger partial charge in [-0.15, -0.1) is 11.3 Å². The number of hydrogen-bond acceptors (Lipinski definition) is 4. The largest absolute Gasteiger partial charge is 0.468 e. The van der Waals surface area contributed by atoms with Crippen molar-refractivity contribution in [2.45, 2.75) is 19.1 Å². The Bertz CT molecular complexity index is 356. The van der Waals surface area contributed by atoms with Gasteiger partial charge in [-0.2, -0.15) is 0 Å². The topological polar surface area (TPSA) is 45.4 Å². The number of thiophene rings is 1. The van der Waals surface area contributed by atoms with Gasteiger partial charge < -0.3 is 14.8 Å². The number of aliphatic hydroxyl groups excluding tert-OH is 1. The molecule has 0 aliphatic rings. The van der Waals surface area contributed by atoms with Gasteiger partial charge in [0.15, 0.2) is 0 Å². The van der Waals surface area contributed by atoms with E-state index in [1.165, 1.54) is 0 Å². The van der Waals surface area contributed by atoms with Crippen LogP contribution in [0.4, 0.5) is 0 Å². The van der Waals surface area contributed by atoms with E-state index in [1.54, 1.807) is 17.6 Å². The summed E-state index contributed by atoms with van der Waals surface area (Å²) in [4.78, 5) is 0.985. The van der Waals surface area contributed by atoms with Crippen molar-refractivity contribution in [1.29, 1.82) is 0 Å². The lowest BCUT2D eigenvalue weighted by Crippen LogP contribution is -2.23. The highest BCUT2D eigenvalue weighted by Crippen LogP contribution is 2.19. The van der Waals surface area contributed by atoms with Crippen molar-refractivity contribution >= 4 is 11.3 Å². The summed E-state index contributed by atoms with van der Waals surface area (Å²) < 4.78 is 5.28. The van der Waals surface area contributed by atoms with E-state index >= 15 is 0 Å². The molecule has 1 unspecified atom stereocenters. The van der Waals surface area contributed by atoms with Crippen molar-refractivity contribution in [3.8, 4) is 0 Å². The van der Waals surface area contributed by atoms with Crippen LogP contribution in [0, 0.1) is 0 Å². The first-order valence-electron chi connectivity index (χ1n) is 5.25. The molecular formula is C12H15NO2S. The summed E-state index contributed by atoms with van der Waals surface area (Å²) in [7, 11) is 0. The Labute approximate surface area is 98.7 Å². The second kappa shape index (κ2) is 5.30. The highest BCUT2D eigenvalue weighted by molar-refractivity contribution is 7.10. The normalized spacial score (nSPS) is 14.9. The second-order valence-corrected chi connectivity index (χ2v) is 4.66. The van der Waals surface area contributed by atoms with Crippen molar-refractivity contribution in [2.75, 3.05) is 6.54 Å². The van der Waals surface area contributed by atoms with Gasteiger partial charge in [-0.1, -0.05) is 6.07 Å². The fourth-order valence-corrected chi connectivity index (χ4v) is 2.22. The Balaban J connectivity index is 1.84. The van der Waals surface area contributed by atoms with Gasteiger partial charge in [-0.3, -0.25) is 0 Å². The van der Waals surface area contributed by atoms with Gasteiger partial charge in [0.05, 0.1) is 12.3 Å². The zero-order valence-corrected chi connectivity index (χ0v) is 9.91. The molecule has 0 aliphatic heterocycles. The van der Waals surface area contributed by atoms with Crippen LogP contribution in [0.2, 0.25) is 0 Å². The molecule has 16 heavy (non-hydrogen) atoms. The van der Waals surface area contributed by atoms with Gasteiger partial charge in [0.2, 0.25) is 0 Å². The summed E-state index contributed by atoms with van der Waals surface area (Å²) in [5, 5.41) is 15.1. The van der Waals surface area contributed by atoms with Gasteiger partial charge in [0.25, 0.3) is 0 Å². The molecule has 2 aromatic rings. The van der Waals surface area contributed by atoms with Crippen molar-refractivity contribution < 1.29 is 9.52 Å². The predicted molar refractivity (Wildman–Crippen MR) is 64.4 cm³/mol. The number of rotatable bonds is 5. The molecule has 0 bridgehead atoms. The molecule has 2 aromatic heterocycles. The summed E-state index contributed by atoms with van der Waals surface area (Å²) in [5.74, 6) is 0.887. The van der Waals surface area contributed by atoms with Crippen LogP contribution in [-0.2, 0) is 0 Å². The van der Waals surface area contributed by atoms with E-state index in [0.717, 1.165) is 10.6 Å². The molecule has 0 saturated heterocycles. The Morgan fingerprint density at radius 3 is 2.94 bits per heavy atom. The number of hydrogen-bond donors (Lipinski definition) is 2. The van der Waals surface area contributed by atoms with Crippen molar-refractivity contribution in [3.05, 3.63) is 46.5 Å². The third-order valence-corrected chi connectivity index (χ3v) is 3.43. The molecule has 3 nitrogen and oxygen atoms in total. The van der Waals surface area contributed by atoms with E-state index in [9.17, 15) is 5.11 Å². The van der Waals surface area contributed by atoms with Crippen molar-refractivity contribution in [2.24, 2.45) is 0 Å². The first kappa shape index (κ1) is 11.4. The van der Waals surface area contributed by atoms with E-state index in [2.05, 4.69) is 5.32 Å². The van der Waals surface area contributed by atoms with Crippen LogP contribution in [-0.4, -0.2) is 11.7 Å². The first-order valence-corrected chi connectivity index (χ1v) is 6.13. The van der Waals surface area contributed by atoms with E-state index in [-0.39, 0.29) is 6.04 Å². The molecule has 2 atom stereocenters. The number of aliphatic hydroxyl groups is 1. The van der Waals surface area contributed by atoms with Gasteiger partial charge in [0, 0.05) is 11.4 Å². The van der Waals surface area contributed by atoms with Crippen LogP contribution in [0.15, 0.2) is 40.3 Å². The highest BCUT2D eigenvalue weighted by atomic mass is 32.1. The van der Waals surface area contributed by atoms with Crippen LogP contribution >= 0.6 is 11.3 Å². The zero-order chi connectivity index (χ0) is 11.4. The lowest BCUT2D eigenvalue weighted by atomic mass is 10.2. The van der Waals surface area contributed by atoms with Crippen LogP contribution in [0.5, 0.6) is 0 Å².